The molecule has 0 heterocycles. The summed E-state index contributed by atoms with van der Waals surface area (Å²) in [5, 5.41) is 8.46. The van der Waals surface area contributed by atoms with Crippen LogP contribution in [0.25, 0.3) is 0 Å². The summed E-state index contributed by atoms with van der Waals surface area (Å²) in [6, 6.07) is 0. The highest BCUT2D eigenvalue weighted by Crippen LogP contribution is 2.16. The SMILES string of the molecule is CCCCCC(CCC)COC(=O)CCC(=O)O. The second kappa shape index (κ2) is 11.1. The van der Waals surface area contributed by atoms with E-state index in [1.165, 1.54) is 19.3 Å². The average molecular weight is 258 g/mol. The third-order valence-electron chi connectivity index (χ3n) is 2.94. The predicted octanol–water partition coefficient (Wildman–Crippen LogP) is 3.39. The first-order chi connectivity index (χ1) is 8.60. The summed E-state index contributed by atoms with van der Waals surface area (Å²) >= 11 is 0. The van der Waals surface area contributed by atoms with Crippen molar-refractivity contribution in [3.8, 4) is 0 Å². The average Bonchev–Trinajstić information content (AvgIpc) is 2.33. The molecular formula is C14H26O4. The maximum atomic E-state index is 11.3. The van der Waals surface area contributed by atoms with Crippen molar-refractivity contribution >= 4 is 11.9 Å². The minimum atomic E-state index is -0.958. The van der Waals surface area contributed by atoms with Gasteiger partial charge in [0.05, 0.1) is 19.4 Å². The molecule has 0 aliphatic heterocycles. The van der Waals surface area contributed by atoms with Gasteiger partial charge in [-0.3, -0.25) is 9.59 Å². The predicted molar refractivity (Wildman–Crippen MR) is 70.4 cm³/mol. The van der Waals surface area contributed by atoms with Crippen LogP contribution in [0.4, 0.5) is 0 Å². The van der Waals surface area contributed by atoms with Crippen LogP contribution >= 0.6 is 0 Å². The fourth-order valence-corrected chi connectivity index (χ4v) is 1.89. The number of carbonyl (C=O) groups is 2. The van der Waals surface area contributed by atoms with E-state index in [9.17, 15) is 9.59 Å². The van der Waals surface area contributed by atoms with Crippen molar-refractivity contribution < 1.29 is 19.4 Å². The highest BCUT2D eigenvalue weighted by atomic mass is 16.5. The standard InChI is InChI=1S/C14H26O4/c1-3-5-6-8-12(7-4-2)11-18-14(17)10-9-13(15)16/h12H,3-11H2,1-2H3,(H,15,16). The van der Waals surface area contributed by atoms with E-state index in [1.807, 2.05) is 0 Å². The number of aliphatic carboxylic acids is 1. The zero-order valence-electron chi connectivity index (χ0n) is 11.6. The van der Waals surface area contributed by atoms with Gasteiger partial charge in [0.2, 0.25) is 0 Å². The van der Waals surface area contributed by atoms with Crippen molar-refractivity contribution in [1.82, 2.24) is 0 Å². The molecule has 0 bridgehead atoms. The lowest BCUT2D eigenvalue weighted by Crippen LogP contribution is -2.15. The third kappa shape index (κ3) is 10.1. The van der Waals surface area contributed by atoms with E-state index in [1.54, 1.807) is 0 Å². The number of hydrogen-bond donors (Lipinski definition) is 1. The molecule has 0 aliphatic carbocycles. The molecule has 18 heavy (non-hydrogen) atoms. The van der Waals surface area contributed by atoms with E-state index < -0.39 is 11.9 Å². The van der Waals surface area contributed by atoms with Gasteiger partial charge in [-0.05, 0) is 18.8 Å². The van der Waals surface area contributed by atoms with Gasteiger partial charge in [-0.15, -0.1) is 0 Å². The van der Waals surface area contributed by atoms with E-state index in [-0.39, 0.29) is 12.8 Å². The van der Waals surface area contributed by atoms with Gasteiger partial charge in [0.15, 0.2) is 0 Å². The molecule has 4 heteroatoms. The summed E-state index contributed by atoms with van der Waals surface area (Å²) in [5.41, 5.74) is 0. The van der Waals surface area contributed by atoms with Gasteiger partial charge < -0.3 is 9.84 Å². The van der Waals surface area contributed by atoms with Gasteiger partial charge in [-0.25, -0.2) is 0 Å². The molecule has 0 saturated carbocycles. The normalized spacial score (nSPS) is 12.1. The highest BCUT2D eigenvalue weighted by molar-refractivity contribution is 5.76. The monoisotopic (exact) mass is 258 g/mol. The molecule has 0 radical (unpaired) electrons. The Morgan fingerprint density at radius 3 is 2.33 bits per heavy atom. The highest BCUT2D eigenvalue weighted by Gasteiger charge is 2.12. The lowest BCUT2D eigenvalue weighted by molar-refractivity contribution is -0.148. The quantitative estimate of drug-likeness (QED) is 0.456. The second-order valence-corrected chi connectivity index (χ2v) is 4.73. The molecule has 0 amide bonds. The number of carbonyl (C=O) groups excluding carboxylic acids is 1. The third-order valence-corrected chi connectivity index (χ3v) is 2.94. The Labute approximate surface area is 110 Å². The van der Waals surface area contributed by atoms with Crippen LogP contribution in [-0.4, -0.2) is 23.7 Å². The Hall–Kier alpha value is -1.06. The molecule has 0 aromatic rings. The summed E-state index contributed by atoms with van der Waals surface area (Å²) < 4.78 is 5.14. The molecule has 0 aliphatic rings. The van der Waals surface area contributed by atoms with Gasteiger partial charge in [0.1, 0.15) is 0 Å². The summed E-state index contributed by atoms with van der Waals surface area (Å²) in [7, 11) is 0. The summed E-state index contributed by atoms with van der Waals surface area (Å²) in [6.07, 6.45) is 6.65. The second-order valence-electron chi connectivity index (χ2n) is 4.73. The minimum absolute atomic E-state index is 0.0247. The van der Waals surface area contributed by atoms with Crippen LogP contribution in [0.1, 0.15) is 65.2 Å². The topological polar surface area (TPSA) is 63.6 Å². The molecule has 4 nitrogen and oxygen atoms in total. The van der Waals surface area contributed by atoms with Crippen LogP contribution < -0.4 is 0 Å². The summed E-state index contributed by atoms with van der Waals surface area (Å²) in [4.78, 5) is 21.6. The van der Waals surface area contributed by atoms with Crippen molar-refractivity contribution in [2.45, 2.75) is 65.2 Å². The smallest absolute Gasteiger partial charge is 0.306 e. The zero-order chi connectivity index (χ0) is 13.8. The molecule has 1 N–H and O–H groups in total. The number of unbranched alkanes of at least 4 members (excludes halogenated alkanes) is 2. The van der Waals surface area contributed by atoms with Crippen molar-refractivity contribution in [2.75, 3.05) is 6.61 Å². The Morgan fingerprint density at radius 2 is 1.78 bits per heavy atom. The largest absolute Gasteiger partial charge is 0.481 e. The Morgan fingerprint density at radius 1 is 1.06 bits per heavy atom. The van der Waals surface area contributed by atoms with Crippen molar-refractivity contribution in [1.29, 1.82) is 0 Å². The molecule has 106 valence electrons. The summed E-state index contributed by atoms with van der Waals surface area (Å²) in [5.74, 6) is -0.927. The number of carboxylic acids is 1. The minimum Gasteiger partial charge on any atom is -0.481 e. The number of hydrogen-bond acceptors (Lipinski definition) is 3. The van der Waals surface area contributed by atoms with Crippen LogP contribution in [0.3, 0.4) is 0 Å². The maximum absolute atomic E-state index is 11.3. The molecule has 0 saturated heterocycles. The molecule has 0 fully saturated rings. The van der Waals surface area contributed by atoms with Gasteiger partial charge in [-0.2, -0.15) is 0 Å². The number of ether oxygens (including phenoxy) is 1. The Bertz CT molecular complexity index is 238. The lowest BCUT2D eigenvalue weighted by Gasteiger charge is -2.15. The van der Waals surface area contributed by atoms with E-state index >= 15 is 0 Å². The molecule has 0 spiro atoms. The van der Waals surface area contributed by atoms with Crippen molar-refractivity contribution in [3.63, 3.8) is 0 Å². The van der Waals surface area contributed by atoms with Crippen LogP contribution in [-0.2, 0) is 14.3 Å². The van der Waals surface area contributed by atoms with E-state index in [0.29, 0.717) is 12.5 Å². The summed E-state index contributed by atoms with van der Waals surface area (Å²) in [6.45, 7) is 4.73. The fourth-order valence-electron chi connectivity index (χ4n) is 1.89. The fraction of sp³-hybridized carbons (Fsp3) is 0.857. The van der Waals surface area contributed by atoms with Crippen molar-refractivity contribution in [2.24, 2.45) is 5.92 Å². The first kappa shape index (κ1) is 16.9. The Balaban J connectivity index is 3.79. The van der Waals surface area contributed by atoms with E-state index in [0.717, 1.165) is 19.3 Å². The molecular weight excluding hydrogens is 232 g/mol. The van der Waals surface area contributed by atoms with Crippen LogP contribution in [0.2, 0.25) is 0 Å². The van der Waals surface area contributed by atoms with Gasteiger partial charge >= 0.3 is 11.9 Å². The number of rotatable bonds is 11. The Kier molecular flexibility index (Phi) is 10.4. The molecule has 1 unspecified atom stereocenters. The van der Waals surface area contributed by atoms with Crippen molar-refractivity contribution in [3.05, 3.63) is 0 Å². The maximum Gasteiger partial charge on any atom is 0.306 e. The van der Waals surface area contributed by atoms with E-state index in [2.05, 4.69) is 13.8 Å². The van der Waals surface area contributed by atoms with Crippen LogP contribution in [0.5, 0.6) is 0 Å². The van der Waals surface area contributed by atoms with Gasteiger partial charge in [-0.1, -0.05) is 39.5 Å². The zero-order valence-corrected chi connectivity index (χ0v) is 11.6. The number of esters is 1. The molecule has 0 rings (SSSR count). The van der Waals surface area contributed by atoms with Crippen LogP contribution in [0, 0.1) is 5.92 Å². The first-order valence-electron chi connectivity index (χ1n) is 6.97. The van der Waals surface area contributed by atoms with Crippen LogP contribution in [0.15, 0.2) is 0 Å². The van der Waals surface area contributed by atoms with Gasteiger partial charge in [0.25, 0.3) is 0 Å². The first-order valence-corrected chi connectivity index (χ1v) is 6.97. The molecule has 0 aromatic heterocycles. The van der Waals surface area contributed by atoms with Gasteiger partial charge in [0, 0.05) is 0 Å². The lowest BCUT2D eigenvalue weighted by atomic mass is 9.97. The molecule has 1 atom stereocenters. The van der Waals surface area contributed by atoms with E-state index in [4.69, 9.17) is 9.84 Å². The number of carboxylic acid groups (broad SMARTS) is 1. The molecule has 0 aromatic carbocycles.